The first kappa shape index (κ1) is 28.2. The first-order valence-corrected chi connectivity index (χ1v) is 13.5. The Morgan fingerprint density at radius 1 is 0.683 bits per heavy atom. The van der Waals surface area contributed by atoms with E-state index in [1.165, 1.54) is 0 Å². The maximum absolute atomic E-state index is 14.0. The smallest absolute Gasteiger partial charge is 0.193 e. The van der Waals surface area contributed by atoms with Gasteiger partial charge in [-0.25, -0.2) is 0 Å². The number of ether oxygens (including phenoxy) is 3. The Morgan fingerprint density at radius 2 is 1.17 bits per heavy atom. The number of nitrogens with zero attached hydrogens (tertiary/aromatic N) is 1. The van der Waals surface area contributed by atoms with Crippen LogP contribution in [0.2, 0.25) is 0 Å². The molecule has 4 atom stereocenters. The van der Waals surface area contributed by atoms with Gasteiger partial charge in [0.15, 0.2) is 5.78 Å². The molecule has 0 saturated heterocycles. The molecule has 0 fully saturated rings. The molecular formula is C35H31NO5. The van der Waals surface area contributed by atoms with E-state index in [4.69, 9.17) is 14.2 Å². The molecule has 5 rings (SSSR count). The zero-order chi connectivity index (χ0) is 28.4. The van der Waals surface area contributed by atoms with E-state index >= 15 is 0 Å². The third-order valence-corrected chi connectivity index (χ3v) is 7.00. The highest BCUT2D eigenvalue weighted by Gasteiger charge is 2.44. The Bertz CT molecular complexity index is 1480. The van der Waals surface area contributed by atoms with Crippen LogP contribution in [-0.4, -0.2) is 29.2 Å². The van der Waals surface area contributed by atoms with E-state index in [0.29, 0.717) is 11.1 Å². The number of carbonyl (C=O) groups is 1. The van der Waals surface area contributed by atoms with Crippen molar-refractivity contribution in [1.29, 1.82) is 5.26 Å². The van der Waals surface area contributed by atoms with Gasteiger partial charge in [-0.1, -0.05) is 103 Å². The van der Waals surface area contributed by atoms with Crippen LogP contribution in [0, 0.1) is 11.3 Å². The molecule has 1 unspecified atom stereocenters. The van der Waals surface area contributed by atoms with Crippen molar-refractivity contribution < 1.29 is 24.1 Å². The summed E-state index contributed by atoms with van der Waals surface area (Å²) in [4.78, 5) is 14.0. The highest BCUT2D eigenvalue weighted by molar-refractivity contribution is 6.01. The van der Waals surface area contributed by atoms with E-state index < -0.39 is 24.4 Å². The van der Waals surface area contributed by atoms with Gasteiger partial charge >= 0.3 is 0 Å². The Balaban J connectivity index is 1.48. The second-order valence-corrected chi connectivity index (χ2v) is 9.86. The highest BCUT2D eigenvalue weighted by atomic mass is 16.6. The third-order valence-electron chi connectivity index (χ3n) is 7.00. The first-order chi connectivity index (χ1) is 20.1. The van der Waals surface area contributed by atoms with E-state index in [2.05, 4.69) is 6.07 Å². The topological polar surface area (TPSA) is 88.8 Å². The van der Waals surface area contributed by atoms with Gasteiger partial charge in [0.2, 0.25) is 0 Å². The molecular weight excluding hydrogens is 514 g/mol. The molecule has 0 heterocycles. The fraction of sp³-hybridized carbons (Fsp3) is 0.200. The minimum Gasteiger partial charge on any atom is -0.384 e. The van der Waals surface area contributed by atoms with E-state index in [-0.39, 0.29) is 31.2 Å². The predicted molar refractivity (Wildman–Crippen MR) is 154 cm³/mol. The zero-order valence-electron chi connectivity index (χ0n) is 22.5. The van der Waals surface area contributed by atoms with E-state index in [9.17, 15) is 15.2 Å². The minimum absolute atomic E-state index is 0.172. The van der Waals surface area contributed by atoms with Gasteiger partial charge in [-0.05, 0) is 40.5 Å². The largest absolute Gasteiger partial charge is 0.384 e. The maximum atomic E-state index is 14.0. The number of hydrogen-bond donors (Lipinski definition) is 1. The molecule has 1 aliphatic rings. The summed E-state index contributed by atoms with van der Waals surface area (Å²) in [5, 5.41) is 20.5. The Morgan fingerprint density at radius 3 is 1.68 bits per heavy atom. The van der Waals surface area contributed by atoms with Crippen molar-refractivity contribution in [3.05, 3.63) is 155 Å². The summed E-state index contributed by atoms with van der Waals surface area (Å²) in [6.07, 6.45) is -2.03. The van der Waals surface area contributed by atoms with Gasteiger partial charge in [-0.2, -0.15) is 5.26 Å². The van der Waals surface area contributed by atoms with Crippen molar-refractivity contribution >= 4 is 5.78 Å². The SMILES string of the molecule is N#Cc1ccc(C(O)C2=C[C@H](OCc3ccccc3)[C@@H](OCc3ccccc3)[C@H](OCc3ccccc3)C2=O)cc1. The zero-order valence-corrected chi connectivity index (χ0v) is 22.5. The average molecular weight is 546 g/mol. The third kappa shape index (κ3) is 7.23. The van der Waals surface area contributed by atoms with E-state index in [1.54, 1.807) is 30.3 Å². The molecule has 6 heteroatoms. The van der Waals surface area contributed by atoms with Crippen molar-refractivity contribution in [2.75, 3.05) is 0 Å². The quantitative estimate of drug-likeness (QED) is 0.254. The predicted octanol–water partition coefficient (Wildman–Crippen LogP) is 5.86. The summed E-state index contributed by atoms with van der Waals surface area (Å²) >= 11 is 0. The number of rotatable bonds is 11. The maximum Gasteiger partial charge on any atom is 0.193 e. The molecule has 4 aromatic rings. The molecule has 0 radical (unpaired) electrons. The molecule has 1 aliphatic carbocycles. The van der Waals surface area contributed by atoms with Gasteiger partial charge in [0.05, 0.1) is 31.5 Å². The van der Waals surface area contributed by atoms with Gasteiger partial charge in [-0.15, -0.1) is 0 Å². The van der Waals surface area contributed by atoms with Crippen LogP contribution >= 0.6 is 0 Å². The second kappa shape index (κ2) is 13.8. The van der Waals surface area contributed by atoms with E-state index in [0.717, 1.165) is 16.7 Å². The molecule has 206 valence electrons. The van der Waals surface area contributed by atoms with Crippen molar-refractivity contribution in [1.82, 2.24) is 0 Å². The second-order valence-electron chi connectivity index (χ2n) is 9.86. The number of nitriles is 1. The van der Waals surface area contributed by atoms with Crippen molar-refractivity contribution in [2.45, 2.75) is 44.2 Å². The summed E-state index contributed by atoms with van der Waals surface area (Å²) < 4.78 is 19.0. The monoisotopic (exact) mass is 545 g/mol. The molecule has 0 bridgehead atoms. The number of hydrogen-bond acceptors (Lipinski definition) is 6. The van der Waals surface area contributed by atoms with Crippen molar-refractivity contribution in [3.8, 4) is 6.07 Å². The summed E-state index contributed by atoms with van der Waals surface area (Å²) in [5.74, 6) is -0.365. The highest BCUT2D eigenvalue weighted by Crippen LogP contribution is 2.33. The van der Waals surface area contributed by atoms with E-state index in [1.807, 2.05) is 91.0 Å². The molecule has 41 heavy (non-hydrogen) atoms. The number of ketones is 1. The van der Waals surface area contributed by atoms with Crippen LogP contribution in [0.1, 0.15) is 33.9 Å². The van der Waals surface area contributed by atoms with Gasteiger partial charge in [-0.3, -0.25) is 4.79 Å². The molecule has 0 aliphatic heterocycles. The average Bonchev–Trinajstić information content (AvgIpc) is 3.04. The molecule has 0 amide bonds. The van der Waals surface area contributed by atoms with Gasteiger partial charge < -0.3 is 19.3 Å². The number of Topliss-reactive ketones (excluding diaryl/α,β-unsaturated/α-hetero) is 1. The minimum atomic E-state index is -1.23. The summed E-state index contributed by atoms with van der Waals surface area (Å²) in [7, 11) is 0. The molecule has 4 aromatic carbocycles. The van der Waals surface area contributed by atoms with Crippen LogP contribution in [0.25, 0.3) is 0 Å². The normalized spacial score (nSPS) is 19.3. The molecule has 1 N–H and O–H groups in total. The fourth-order valence-corrected chi connectivity index (χ4v) is 4.77. The standard InChI is InChI=1S/C35H31NO5/c36-21-25-16-18-29(19-17-25)32(37)30-20-31(39-22-26-10-4-1-5-11-26)34(40-23-27-12-6-2-7-13-27)35(33(30)38)41-24-28-14-8-3-9-15-28/h1-20,31-32,34-35,37H,22-24H2/t31-,32?,34+,35+/m0/s1. The lowest BCUT2D eigenvalue weighted by Gasteiger charge is -2.37. The lowest BCUT2D eigenvalue weighted by Crippen LogP contribution is -2.50. The lowest BCUT2D eigenvalue weighted by atomic mass is 9.85. The summed E-state index contributed by atoms with van der Waals surface area (Å²) in [6, 6.07) is 37.7. The van der Waals surface area contributed by atoms with Crippen LogP contribution in [0.15, 0.2) is 127 Å². The Labute approximate surface area is 240 Å². The summed E-state index contributed by atoms with van der Waals surface area (Å²) in [5.41, 5.74) is 3.97. The van der Waals surface area contributed by atoms with Crippen LogP contribution < -0.4 is 0 Å². The van der Waals surface area contributed by atoms with Crippen LogP contribution in [0.3, 0.4) is 0 Å². The number of aliphatic hydroxyl groups excluding tert-OH is 1. The Hall–Kier alpha value is -4.38. The molecule has 0 spiro atoms. The molecule has 6 nitrogen and oxygen atoms in total. The lowest BCUT2D eigenvalue weighted by molar-refractivity contribution is -0.162. The van der Waals surface area contributed by atoms with Crippen molar-refractivity contribution in [2.24, 2.45) is 0 Å². The molecule has 0 saturated carbocycles. The first-order valence-electron chi connectivity index (χ1n) is 13.5. The van der Waals surface area contributed by atoms with Crippen LogP contribution in [0.4, 0.5) is 0 Å². The Kier molecular flexibility index (Phi) is 9.48. The number of aliphatic hydroxyl groups is 1. The van der Waals surface area contributed by atoms with Gasteiger partial charge in [0.1, 0.15) is 24.4 Å². The van der Waals surface area contributed by atoms with Gasteiger partial charge in [0.25, 0.3) is 0 Å². The summed E-state index contributed by atoms with van der Waals surface area (Å²) in [6.45, 7) is 0.734. The van der Waals surface area contributed by atoms with Crippen molar-refractivity contribution in [3.63, 3.8) is 0 Å². The number of benzene rings is 4. The van der Waals surface area contributed by atoms with Gasteiger partial charge in [0, 0.05) is 5.57 Å². The van der Waals surface area contributed by atoms with Crippen LogP contribution in [-0.2, 0) is 38.8 Å². The number of carbonyl (C=O) groups excluding carboxylic acids is 1. The molecule has 0 aromatic heterocycles. The van der Waals surface area contributed by atoms with Crippen LogP contribution in [0.5, 0.6) is 0 Å². The fourth-order valence-electron chi connectivity index (χ4n) is 4.77.